The van der Waals surface area contributed by atoms with E-state index in [0.29, 0.717) is 23.2 Å². The molecule has 0 spiro atoms. The van der Waals surface area contributed by atoms with Crippen LogP contribution in [0, 0.1) is 0 Å². The van der Waals surface area contributed by atoms with Crippen molar-refractivity contribution < 1.29 is 32.1 Å². The predicted octanol–water partition coefficient (Wildman–Crippen LogP) is 5.99. The number of hydrogen-bond acceptors (Lipinski definition) is 10. The lowest BCUT2D eigenvalue weighted by molar-refractivity contribution is -0.137. The van der Waals surface area contributed by atoms with E-state index in [-0.39, 0.29) is 22.9 Å². The van der Waals surface area contributed by atoms with Crippen molar-refractivity contribution in [2.75, 3.05) is 69.3 Å². The van der Waals surface area contributed by atoms with Crippen molar-refractivity contribution in [3.8, 4) is 5.75 Å². The van der Waals surface area contributed by atoms with E-state index in [4.69, 9.17) is 4.74 Å². The molecule has 1 aromatic heterocycles. The monoisotopic (exact) mass is 675 g/mol. The summed E-state index contributed by atoms with van der Waals surface area (Å²) in [4.78, 5) is 29.7. The number of benzene rings is 2. The molecule has 15 heteroatoms. The first-order valence-electron chi connectivity index (χ1n) is 15.6. The van der Waals surface area contributed by atoms with Gasteiger partial charge in [-0.2, -0.15) is 18.2 Å². The second kappa shape index (κ2) is 14.5. The Morgan fingerprint density at radius 2 is 1.66 bits per heavy atom. The normalized spacial score (nSPS) is 16.5. The highest BCUT2D eigenvalue weighted by atomic mass is 31.2. The minimum atomic E-state index is -4.77. The van der Waals surface area contributed by atoms with Gasteiger partial charge in [-0.3, -0.25) is 9.63 Å². The van der Waals surface area contributed by atoms with Gasteiger partial charge >= 0.3 is 6.18 Å². The number of amides is 1. The van der Waals surface area contributed by atoms with Gasteiger partial charge in [0.05, 0.1) is 25.6 Å². The highest BCUT2D eigenvalue weighted by Gasteiger charge is 2.36. The Hall–Kier alpha value is -3.87. The van der Waals surface area contributed by atoms with Crippen LogP contribution >= 0.6 is 7.14 Å². The van der Waals surface area contributed by atoms with Crippen LogP contribution in [0.25, 0.3) is 0 Å². The zero-order valence-electron chi connectivity index (χ0n) is 27.0. The number of aromatic nitrogens is 2. The van der Waals surface area contributed by atoms with E-state index in [0.717, 1.165) is 44.7 Å². The van der Waals surface area contributed by atoms with Gasteiger partial charge in [0.15, 0.2) is 0 Å². The van der Waals surface area contributed by atoms with Crippen molar-refractivity contribution in [2.45, 2.75) is 44.3 Å². The van der Waals surface area contributed by atoms with Gasteiger partial charge in [0, 0.05) is 41.9 Å². The van der Waals surface area contributed by atoms with Crippen LogP contribution < -0.4 is 31.1 Å². The van der Waals surface area contributed by atoms with Gasteiger partial charge in [0.2, 0.25) is 5.95 Å². The zero-order chi connectivity index (χ0) is 33.8. The third kappa shape index (κ3) is 8.35. The van der Waals surface area contributed by atoms with E-state index in [2.05, 4.69) is 40.7 Å². The summed E-state index contributed by atoms with van der Waals surface area (Å²) < 4.78 is 61.3. The molecular formula is C32H41F3N7O4P. The van der Waals surface area contributed by atoms with Gasteiger partial charge < -0.3 is 29.7 Å². The van der Waals surface area contributed by atoms with E-state index >= 15 is 0 Å². The molecule has 3 aromatic rings. The SMILES string of the molecule is CONC(=O)c1ccc(Nc2ncc(C(F)(F)F)c(Nc3ccc(N4CCC(N5CCCCC5)CC4)cc3P(C)(C)=O)n2)c(OC)c1. The first kappa shape index (κ1) is 34.5. The Morgan fingerprint density at radius 1 is 0.957 bits per heavy atom. The summed E-state index contributed by atoms with van der Waals surface area (Å²) in [6, 6.07) is 10.3. The highest BCUT2D eigenvalue weighted by Crippen LogP contribution is 2.42. The van der Waals surface area contributed by atoms with Gasteiger partial charge in [0.25, 0.3) is 5.91 Å². The standard InChI is InChI=1S/C32H41F3N7O4P/c1-45-27-18-21(30(43)40-46-2)8-10-25(27)38-31-36-20-24(32(33,34)35)29(39-31)37-26-11-9-23(19-28(26)47(3,4)44)42-16-12-22(13-17-42)41-14-6-5-7-15-41/h8-11,18-20,22H,5-7,12-17H2,1-4H3,(H,40,43)(H2,36,37,38,39). The molecule has 254 valence electrons. The lowest BCUT2D eigenvalue weighted by Crippen LogP contribution is -2.46. The zero-order valence-corrected chi connectivity index (χ0v) is 27.9. The largest absolute Gasteiger partial charge is 0.495 e. The van der Waals surface area contributed by atoms with Crippen LogP contribution in [0.4, 0.5) is 42.0 Å². The number of nitrogens with zero attached hydrogens (tertiary/aromatic N) is 4. The lowest BCUT2D eigenvalue weighted by atomic mass is 9.99. The number of carbonyl (C=O) groups is 1. The number of anilines is 5. The topological polar surface area (TPSA) is 121 Å². The first-order valence-corrected chi connectivity index (χ1v) is 18.2. The van der Waals surface area contributed by atoms with Crippen LogP contribution in [-0.2, 0) is 15.6 Å². The van der Waals surface area contributed by atoms with Crippen LogP contribution in [0.15, 0.2) is 42.6 Å². The smallest absolute Gasteiger partial charge is 0.421 e. The molecule has 2 fully saturated rings. The molecule has 5 rings (SSSR count). The number of piperidine rings is 2. The minimum Gasteiger partial charge on any atom is -0.495 e. The maximum atomic E-state index is 14.1. The molecule has 2 saturated heterocycles. The van der Waals surface area contributed by atoms with Crippen molar-refractivity contribution in [2.24, 2.45) is 0 Å². The van der Waals surface area contributed by atoms with Gasteiger partial charge in [-0.05, 0) is 88.5 Å². The van der Waals surface area contributed by atoms with Crippen LogP contribution in [0.5, 0.6) is 5.75 Å². The Bertz CT molecular complexity index is 1620. The lowest BCUT2D eigenvalue weighted by Gasteiger charge is -2.41. The molecule has 0 unspecified atom stereocenters. The number of methoxy groups -OCH3 is 1. The molecule has 3 heterocycles. The average molecular weight is 676 g/mol. The van der Waals surface area contributed by atoms with Crippen LogP contribution in [-0.4, -0.2) is 80.5 Å². The average Bonchev–Trinajstić information content (AvgIpc) is 3.05. The summed E-state index contributed by atoms with van der Waals surface area (Å²) in [5.74, 6) is -0.946. The third-order valence-electron chi connectivity index (χ3n) is 8.55. The molecule has 1 amide bonds. The van der Waals surface area contributed by atoms with Crippen molar-refractivity contribution in [1.82, 2.24) is 20.3 Å². The fourth-order valence-corrected chi connectivity index (χ4v) is 7.27. The molecule has 0 radical (unpaired) electrons. The van der Waals surface area contributed by atoms with E-state index in [9.17, 15) is 22.5 Å². The molecule has 0 bridgehead atoms. The number of ether oxygens (including phenoxy) is 1. The molecule has 11 nitrogen and oxygen atoms in total. The van der Waals surface area contributed by atoms with E-state index < -0.39 is 30.6 Å². The molecule has 3 N–H and O–H groups in total. The number of alkyl halides is 3. The Labute approximate surface area is 272 Å². The quantitative estimate of drug-likeness (QED) is 0.175. The van der Waals surface area contributed by atoms with Crippen LogP contribution in [0.2, 0.25) is 0 Å². The van der Waals surface area contributed by atoms with Gasteiger partial charge in [0.1, 0.15) is 24.3 Å². The maximum absolute atomic E-state index is 14.1. The van der Waals surface area contributed by atoms with E-state index in [1.807, 2.05) is 12.1 Å². The summed E-state index contributed by atoms with van der Waals surface area (Å²) in [7, 11) is -0.267. The summed E-state index contributed by atoms with van der Waals surface area (Å²) in [6.07, 6.45) is 1.77. The number of likely N-dealkylation sites (tertiary alicyclic amines) is 1. The number of rotatable bonds is 10. The highest BCUT2D eigenvalue weighted by molar-refractivity contribution is 7.70. The molecular weight excluding hydrogens is 634 g/mol. The summed E-state index contributed by atoms with van der Waals surface area (Å²) in [5, 5.41) is 6.12. The maximum Gasteiger partial charge on any atom is 0.421 e. The van der Waals surface area contributed by atoms with E-state index in [1.54, 1.807) is 19.4 Å². The van der Waals surface area contributed by atoms with Crippen LogP contribution in [0.1, 0.15) is 48.0 Å². The second-order valence-corrected chi connectivity index (χ2v) is 15.3. The predicted molar refractivity (Wildman–Crippen MR) is 177 cm³/mol. The number of nitrogens with one attached hydrogen (secondary N) is 3. The number of carbonyl (C=O) groups excluding carboxylic acids is 1. The Kier molecular flexibility index (Phi) is 10.6. The molecule has 0 atom stereocenters. The summed E-state index contributed by atoms with van der Waals surface area (Å²) >= 11 is 0. The number of hydrogen-bond donors (Lipinski definition) is 3. The molecule has 2 aromatic carbocycles. The van der Waals surface area contributed by atoms with Gasteiger partial charge in [-0.1, -0.05) is 6.42 Å². The van der Waals surface area contributed by atoms with Crippen molar-refractivity contribution >= 4 is 47.2 Å². The molecule has 2 aliphatic heterocycles. The van der Waals surface area contributed by atoms with Gasteiger partial charge in [-0.25, -0.2) is 10.5 Å². The molecule has 0 saturated carbocycles. The van der Waals surface area contributed by atoms with E-state index in [1.165, 1.54) is 51.7 Å². The second-order valence-electron chi connectivity index (χ2n) is 12.1. The first-order chi connectivity index (χ1) is 22.4. The molecule has 0 aliphatic carbocycles. The summed E-state index contributed by atoms with van der Waals surface area (Å²) in [5.41, 5.74) is 2.83. The number of halogens is 3. The van der Waals surface area contributed by atoms with Crippen molar-refractivity contribution in [3.05, 3.63) is 53.7 Å². The minimum absolute atomic E-state index is 0.154. The fraction of sp³-hybridized carbons (Fsp3) is 0.469. The third-order valence-corrected chi connectivity index (χ3v) is 10.1. The van der Waals surface area contributed by atoms with Gasteiger partial charge in [-0.15, -0.1) is 0 Å². The number of hydroxylamine groups is 1. The fourth-order valence-electron chi connectivity index (χ4n) is 6.12. The Balaban J connectivity index is 1.40. The van der Waals surface area contributed by atoms with Crippen molar-refractivity contribution in [3.63, 3.8) is 0 Å². The Morgan fingerprint density at radius 3 is 2.30 bits per heavy atom. The van der Waals surface area contributed by atoms with Crippen LogP contribution in [0.3, 0.4) is 0 Å². The summed E-state index contributed by atoms with van der Waals surface area (Å²) in [6.45, 7) is 7.20. The molecule has 47 heavy (non-hydrogen) atoms. The molecule has 2 aliphatic rings. The van der Waals surface area contributed by atoms with Crippen molar-refractivity contribution in [1.29, 1.82) is 0 Å².